The molecular formula is C8H5ClN2O3. The molecule has 0 aliphatic carbocycles. The lowest BCUT2D eigenvalue weighted by Gasteiger charge is -1.97. The molecule has 0 amide bonds. The van der Waals surface area contributed by atoms with Crippen LogP contribution in [-0.2, 0) is 0 Å². The van der Waals surface area contributed by atoms with Gasteiger partial charge in [0.15, 0.2) is 10.7 Å². The maximum atomic E-state index is 11.3. The highest BCUT2D eigenvalue weighted by atomic mass is 35.5. The van der Waals surface area contributed by atoms with Crippen LogP contribution in [0.4, 0.5) is 0 Å². The Morgan fingerprint density at radius 2 is 2.21 bits per heavy atom. The van der Waals surface area contributed by atoms with Crippen LogP contribution >= 0.6 is 11.6 Å². The van der Waals surface area contributed by atoms with Crippen molar-refractivity contribution < 1.29 is 4.42 Å². The van der Waals surface area contributed by atoms with Gasteiger partial charge in [0.05, 0.1) is 5.39 Å². The van der Waals surface area contributed by atoms with Crippen molar-refractivity contribution >= 4 is 22.6 Å². The van der Waals surface area contributed by atoms with Crippen LogP contribution in [0.2, 0.25) is 5.15 Å². The predicted octanol–water partition coefficient (Wildman–Crippen LogP) is 0.838. The molecule has 0 atom stereocenters. The first-order valence-electron chi connectivity index (χ1n) is 3.78. The van der Waals surface area contributed by atoms with E-state index in [1.54, 1.807) is 6.92 Å². The number of nitrogens with one attached hydrogen (secondary N) is 1. The maximum absolute atomic E-state index is 11.3. The molecule has 2 aromatic rings. The third kappa shape index (κ3) is 1.22. The molecule has 6 heteroatoms. The minimum Gasteiger partial charge on any atom is -0.419 e. The fourth-order valence-electron chi connectivity index (χ4n) is 1.10. The van der Waals surface area contributed by atoms with E-state index in [9.17, 15) is 9.59 Å². The van der Waals surface area contributed by atoms with Gasteiger partial charge in [-0.3, -0.25) is 4.79 Å². The smallest absolute Gasteiger partial charge is 0.339 e. The van der Waals surface area contributed by atoms with Crippen LogP contribution in [0, 0.1) is 6.92 Å². The van der Waals surface area contributed by atoms with Gasteiger partial charge in [-0.05, 0) is 13.0 Å². The van der Waals surface area contributed by atoms with Crippen molar-refractivity contribution in [2.24, 2.45) is 0 Å². The van der Waals surface area contributed by atoms with Gasteiger partial charge in [-0.15, -0.1) is 0 Å². The summed E-state index contributed by atoms with van der Waals surface area (Å²) in [5.74, 6) is 0. The Kier molecular flexibility index (Phi) is 1.89. The highest BCUT2D eigenvalue weighted by molar-refractivity contribution is 6.33. The Bertz CT molecular complexity index is 614. The zero-order chi connectivity index (χ0) is 10.3. The molecule has 0 saturated heterocycles. The highest BCUT2D eigenvalue weighted by Crippen LogP contribution is 2.15. The van der Waals surface area contributed by atoms with Crippen molar-refractivity contribution in [1.82, 2.24) is 10.2 Å². The molecule has 0 aliphatic heterocycles. The zero-order valence-electron chi connectivity index (χ0n) is 7.13. The standard InChI is InChI=1S/C8H5ClN2O3/c1-3-2-4-5(14-8(3)13)6(9)10-11-7(4)12/h2H,1H3,(H,11,12). The number of aromatic amines is 1. The van der Waals surface area contributed by atoms with E-state index in [4.69, 9.17) is 16.0 Å². The molecule has 2 aromatic heterocycles. The summed E-state index contributed by atoms with van der Waals surface area (Å²) in [4.78, 5) is 22.4. The Labute approximate surface area is 82.3 Å². The number of halogens is 1. The highest BCUT2D eigenvalue weighted by Gasteiger charge is 2.09. The zero-order valence-corrected chi connectivity index (χ0v) is 7.88. The van der Waals surface area contributed by atoms with E-state index < -0.39 is 11.2 Å². The van der Waals surface area contributed by atoms with E-state index in [-0.39, 0.29) is 16.1 Å². The number of aryl methyl sites for hydroxylation is 1. The number of hydrogen-bond donors (Lipinski definition) is 1. The Balaban J connectivity index is 3.09. The third-order valence-corrected chi connectivity index (χ3v) is 2.07. The summed E-state index contributed by atoms with van der Waals surface area (Å²) in [7, 11) is 0. The van der Waals surface area contributed by atoms with Crippen molar-refractivity contribution in [3.63, 3.8) is 0 Å². The summed E-state index contributed by atoms with van der Waals surface area (Å²) < 4.78 is 4.83. The number of aromatic nitrogens is 2. The van der Waals surface area contributed by atoms with Gasteiger partial charge < -0.3 is 4.42 Å². The first-order chi connectivity index (χ1) is 6.59. The van der Waals surface area contributed by atoms with Gasteiger partial charge in [-0.1, -0.05) is 11.6 Å². The number of H-pyrrole nitrogens is 1. The van der Waals surface area contributed by atoms with Crippen LogP contribution in [-0.4, -0.2) is 10.2 Å². The quantitative estimate of drug-likeness (QED) is 0.702. The lowest BCUT2D eigenvalue weighted by molar-refractivity contribution is 0.552. The monoisotopic (exact) mass is 212 g/mol. The van der Waals surface area contributed by atoms with E-state index >= 15 is 0 Å². The Morgan fingerprint density at radius 3 is 2.93 bits per heavy atom. The van der Waals surface area contributed by atoms with Crippen LogP contribution in [0.25, 0.3) is 11.0 Å². The van der Waals surface area contributed by atoms with Gasteiger partial charge in [0.2, 0.25) is 0 Å². The molecule has 5 nitrogen and oxygen atoms in total. The summed E-state index contributed by atoms with van der Waals surface area (Å²) in [5.41, 5.74) is -0.584. The van der Waals surface area contributed by atoms with E-state index in [2.05, 4.69) is 10.2 Å². The lowest BCUT2D eigenvalue weighted by atomic mass is 10.2. The molecule has 0 saturated carbocycles. The lowest BCUT2D eigenvalue weighted by Crippen LogP contribution is -2.12. The molecule has 2 heterocycles. The van der Waals surface area contributed by atoms with Crippen molar-refractivity contribution in [1.29, 1.82) is 0 Å². The SMILES string of the molecule is Cc1cc2c(=O)[nH]nc(Cl)c2oc1=O. The van der Waals surface area contributed by atoms with Crippen molar-refractivity contribution in [3.05, 3.63) is 37.6 Å². The van der Waals surface area contributed by atoms with Crippen molar-refractivity contribution in [3.8, 4) is 0 Å². The molecule has 0 spiro atoms. The second kappa shape index (κ2) is 2.95. The van der Waals surface area contributed by atoms with E-state index in [1.165, 1.54) is 6.07 Å². The fraction of sp³-hybridized carbons (Fsp3) is 0.125. The molecule has 0 aliphatic rings. The molecule has 0 radical (unpaired) electrons. The van der Waals surface area contributed by atoms with Crippen LogP contribution < -0.4 is 11.2 Å². The summed E-state index contributed by atoms with van der Waals surface area (Å²) in [6, 6.07) is 1.42. The average Bonchev–Trinajstić information content (AvgIpc) is 2.15. The van der Waals surface area contributed by atoms with Gasteiger partial charge in [0, 0.05) is 5.56 Å². The second-order valence-electron chi connectivity index (χ2n) is 2.80. The topological polar surface area (TPSA) is 76.0 Å². The van der Waals surface area contributed by atoms with Crippen LogP contribution in [0.3, 0.4) is 0 Å². The van der Waals surface area contributed by atoms with E-state index in [1.807, 2.05) is 0 Å². The Morgan fingerprint density at radius 1 is 1.50 bits per heavy atom. The van der Waals surface area contributed by atoms with Crippen molar-refractivity contribution in [2.75, 3.05) is 0 Å². The number of rotatable bonds is 0. The van der Waals surface area contributed by atoms with Crippen LogP contribution in [0.1, 0.15) is 5.56 Å². The third-order valence-electron chi connectivity index (χ3n) is 1.81. The number of hydrogen-bond acceptors (Lipinski definition) is 4. The molecule has 72 valence electrons. The summed E-state index contributed by atoms with van der Waals surface area (Å²) in [5, 5.41) is 5.86. The normalized spacial score (nSPS) is 10.7. The minimum absolute atomic E-state index is 0.0195. The minimum atomic E-state index is -0.521. The van der Waals surface area contributed by atoms with E-state index in [0.29, 0.717) is 5.56 Å². The molecule has 2 rings (SSSR count). The molecule has 0 unspecified atom stereocenters. The molecule has 14 heavy (non-hydrogen) atoms. The second-order valence-corrected chi connectivity index (χ2v) is 3.16. The Hall–Kier alpha value is -1.62. The summed E-state index contributed by atoms with van der Waals surface area (Å²) in [6.45, 7) is 1.55. The van der Waals surface area contributed by atoms with E-state index in [0.717, 1.165) is 0 Å². The van der Waals surface area contributed by atoms with Gasteiger partial charge in [-0.2, -0.15) is 5.10 Å². The molecular weight excluding hydrogens is 208 g/mol. The predicted molar refractivity (Wildman–Crippen MR) is 50.6 cm³/mol. The largest absolute Gasteiger partial charge is 0.419 e. The average molecular weight is 213 g/mol. The van der Waals surface area contributed by atoms with Gasteiger partial charge in [0.1, 0.15) is 0 Å². The first kappa shape index (κ1) is 8.96. The number of nitrogens with zero attached hydrogens (tertiary/aromatic N) is 1. The van der Waals surface area contributed by atoms with Gasteiger partial charge in [-0.25, -0.2) is 9.89 Å². The maximum Gasteiger partial charge on any atom is 0.339 e. The molecule has 0 aromatic carbocycles. The summed E-state index contributed by atoms with van der Waals surface area (Å²) >= 11 is 5.64. The number of fused-ring (bicyclic) bond motifs is 1. The van der Waals surface area contributed by atoms with Crippen LogP contribution in [0.5, 0.6) is 0 Å². The molecule has 0 bridgehead atoms. The first-order valence-corrected chi connectivity index (χ1v) is 4.16. The summed E-state index contributed by atoms with van der Waals surface area (Å²) in [6.07, 6.45) is 0. The van der Waals surface area contributed by atoms with Gasteiger partial charge >= 0.3 is 5.63 Å². The van der Waals surface area contributed by atoms with Gasteiger partial charge in [0.25, 0.3) is 5.56 Å². The van der Waals surface area contributed by atoms with Crippen molar-refractivity contribution in [2.45, 2.75) is 6.92 Å². The molecule has 0 fully saturated rings. The fourth-order valence-corrected chi connectivity index (χ4v) is 1.28. The van der Waals surface area contributed by atoms with Crippen LogP contribution in [0.15, 0.2) is 20.1 Å². The molecule has 1 N–H and O–H groups in total.